The van der Waals surface area contributed by atoms with E-state index in [2.05, 4.69) is 18.9 Å². The van der Waals surface area contributed by atoms with Gasteiger partial charge in [-0.3, -0.25) is 9.59 Å². The monoisotopic (exact) mass is 475 g/mol. The van der Waals surface area contributed by atoms with E-state index in [1.807, 2.05) is 33.8 Å². The maximum Gasteiger partial charge on any atom is 0.267 e. The van der Waals surface area contributed by atoms with Crippen molar-refractivity contribution in [2.75, 3.05) is 32.8 Å². The Bertz CT molecular complexity index is 1290. The summed E-state index contributed by atoms with van der Waals surface area (Å²) in [6.07, 6.45) is 3.31. The zero-order valence-corrected chi connectivity index (χ0v) is 20.0. The summed E-state index contributed by atoms with van der Waals surface area (Å²) in [5.41, 5.74) is 2.41. The molecule has 1 aliphatic carbocycles. The van der Waals surface area contributed by atoms with Crippen LogP contribution in [0.5, 0.6) is 11.5 Å². The summed E-state index contributed by atoms with van der Waals surface area (Å²) in [4.78, 5) is 35.1. The summed E-state index contributed by atoms with van der Waals surface area (Å²) in [6.45, 7) is 6.17. The Hall–Kier alpha value is -3.62. The second-order valence-corrected chi connectivity index (χ2v) is 9.77. The Morgan fingerprint density at radius 3 is 2.46 bits per heavy atom. The smallest absolute Gasteiger partial charge is 0.267 e. The zero-order chi connectivity index (χ0) is 24.1. The lowest BCUT2D eigenvalue weighted by atomic mass is 10.1. The first kappa shape index (κ1) is 21.9. The van der Waals surface area contributed by atoms with Crippen LogP contribution in [0.15, 0.2) is 36.5 Å². The minimum Gasteiger partial charge on any atom is -0.485 e. The molecule has 0 radical (unpaired) electrons. The molecule has 2 fully saturated rings. The van der Waals surface area contributed by atoms with Crippen LogP contribution in [0.1, 0.15) is 54.7 Å². The van der Waals surface area contributed by atoms with Crippen molar-refractivity contribution in [3.63, 3.8) is 0 Å². The topological polar surface area (TPSA) is 89.8 Å². The highest BCUT2D eigenvalue weighted by molar-refractivity contribution is 6.05. The van der Waals surface area contributed by atoms with E-state index in [1.54, 1.807) is 17.2 Å². The van der Waals surface area contributed by atoms with Crippen molar-refractivity contribution < 1.29 is 19.1 Å². The maximum atomic E-state index is 13.6. The number of hydrogen-bond acceptors (Lipinski definition) is 6. The number of carbonyl (C=O) groups excluding carboxylic acids is 2. The second-order valence-electron chi connectivity index (χ2n) is 9.77. The van der Waals surface area contributed by atoms with Gasteiger partial charge in [-0.1, -0.05) is 12.1 Å². The van der Waals surface area contributed by atoms with Crippen LogP contribution in [-0.4, -0.2) is 75.3 Å². The van der Waals surface area contributed by atoms with Gasteiger partial charge in [0.05, 0.1) is 17.1 Å². The van der Waals surface area contributed by atoms with E-state index in [-0.39, 0.29) is 24.5 Å². The number of benzene rings is 1. The van der Waals surface area contributed by atoms with Crippen molar-refractivity contribution in [1.82, 2.24) is 24.6 Å². The maximum absolute atomic E-state index is 13.6. The SMILES string of the molecule is CC(C)n1ncc2c(C(=O)N3CCN(C(=O)[C@H]4COc5ccccc5O4)CC3)cc(C3CC3)nc21. The predicted molar refractivity (Wildman–Crippen MR) is 129 cm³/mol. The molecule has 0 bridgehead atoms. The highest BCUT2D eigenvalue weighted by Gasteiger charge is 2.35. The van der Waals surface area contributed by atoms with Crippen molar-refractivity contribution in [2.24, 2.45) is 0 Å². The third-order valence-corrected chi connectivity index (χ3v) is 6.96. The Labute approximate surface area is 203 Å². The lowest BCUT2D eigenvalue weighted by Crippen LogP contribution is -2.55. The first-order chi connectivity index (χ1) is 17.0. The van der Waals surface area contributed by atoms with Gasteiger partial charge in [-0.25, -0.2) is 9.67 Å². The molecular weight excluding hydrogens is 446 g/mol. The second kappa shape index (κ2) is 8.55. The van der Waals surface area contributed by atoms with Gasteiger partial charge in [-0.05, 0) is 44.9 Å². The van der Waals surface area contributed by atoms with Gasteiger partial charge in [0, 0.05) is 43.8 Å². The quantitative estimate of drug-likeness (QED) is 0.576. The van der Waals surface area contributed by atoms with Crippen molar-refractivity contribution >= 4 is 22.8 Å². The van der Waals surface area contributed by atoms with Crippen LogP contribution < -0.4 is 9.47 Å². The highest BCUT2D eigenvalue weighted by Crippen LogP contribution is 2.40. The van der Waals surface area contributed by atoms with E-state index in [0.717, 1.165) is 29.6 Å². The largest absolute Gasteiger partial charge is 0.485 e. The molecule has 2 amide bonds. The molecule has 0 spiro atoms. The molecule has 9 heteroatoms. The first-order valence-electron chi connectivity index (χ1n) is 12.3. The molecule has 1 atom stereocenters. The first-order valence-corrected chi connectivity index (χ1v) is 12.3. The number of pyridine rings is 1. The number of piperazine rings is 1. The number of aromatic nitrogens is 3. The van der Waals surface area contributed by atoms with Crippen LogP contribution in [0, 0.1) is 0 Å². The molecule has 3 aromatic rings. The standard InChI is InChI=1S/C26H29N5O4/c1-16(2)31-24-19(14-27-31)18(13-20(28-24)17-7-8-17)25(32)29-9-11-30(12-10-29)26(33)23-15-34-21-5-3-4-6-22(21)35-23/h3-6,13-14,16-17,23H,7-12,15H2,1-2H3/t23-/m1/s1. The van der Waals surface area contributed by atoms with E-state index in [1.165, 1.54) is 0 Å². The van der Waals surface area contributed by atoms with Crippen LogP contribution in [0.2, 0.25) is 0 Å². The third-order valence-electron chi connectivity index (χ3n) is 6.96. The summed E-state index contributed by atoms with van der Waals surface area (Å²) >= 11 is 0. The fourth-order valence-corrected chi connectivity index (χ4v) is 4.83. The number of nitrogens with zero attached hydrogens (tertiary/aromatic N) is 5. The van der Waals surface area contributed by atoms with Gasteiger partial charge in [0.15, 0.2) is 17.1 Å². The minimum absolute atomic E-state index is 0.0270. The summed E-state index contributed by atoms with van der Waals surface area (Å²) in [5, 5.41) is 5.30. The third kappa shape index (κ3) is 3.98. The van der Waals surface area contributed by atoms with E-state index < -0.39 is 6.10 Å². The summed E-state index contributed by atoms with van der Waals surface area (Å²) in [5.74, 6) is 1.54. The Kier molecular flexibility index (Phi) is 5.35. The molecule has 0 N–H and O–H groups in total. The van der Waals surface area contributed by atoms with Crippen molar-refractivity contribution in [3.8, 4) is 11.5 Å². The molecule has 4 heterocycles. The zero-order valence-electron chi connectivity index (χ0n) is 20.0. The lowest BCUT2D eigenvalue weighted by Gasteiger charge is -2.37. The highest BCUT2D eigenvalue weighted by atomic mass is 16.6. The van der Waals surface area contributed by atoms with Gasteiger partial charge >= 0.3 is 0 Å². The summed E-state index contributed by atoms with van der Waals surface area (Å²) in [7, 11) is 0. The lowest BCUT2D eigenvalue weighted by molar-refractivity contribution is -0.142. The fraction of sp³-hybridized carbons (Fsp3) is 0.462. The van der Waals surface area contributed by atoms with E-state index >= 15 is 0 Å². The number of rotatable bonds is 4. The molecule has 1 saturated heterocycles. The number of amides is 2. The Morgan fingerprint density at radius 1 is 1.03 bits per heavy atom. The van der Waals surface area contributed by atoms with Gasteiger partial charge < -0.3 is 19.3 Å². The summed E-state index contributed by atoms with van der Waals surface area (Å²) in [6, 6.07) is 9.48. The van der Waals surface area contributed by atoms with Crippen molar-refractivity contribution in [3.05, 3.63) is 47.8 Å². The van der Waals surface area contributed by atoms with Crippen molar-refractivity contribution in [1.29, 1.82) is 0 Å². The van der Waals surface area contributed by atoms with E-state index in [0.29, 0.717) is 49.2 Å². The molecule has 1 saturated carbocycles. The van der Waals surface area contributed by atoms with Crippen LogP contribution in [0.25, 0.3) is 11.0 Å². The van der Waals surface area contributed by atoms with Crippen LogP contribution >= 0.6 is 0 Å². The molecule has 3 aliphatic rings. The molecular formula is C26H29N5O4. The van der Waals surface area contributed by atoms with Gasteiger partial charge in [-0.15, -0.1) is 0 Å². The van der Waals surface area contributed by atoms with Crippen molar-refractivity contribution in [2.45, 2.75) is 44.8 Å². The van der Waals surface area contributed by atoms with Gasteiger partial charge in [0.25, 0.3) is 11.8 Å². The molecule has 182 valence electrons. The van der Waals surface area contributed by atoms with Gasteiger partial charge in [0.1, 0.15) is 6.61 Å². The van der Waals surface area contributed by atoms with Gasteiger partial charge in [0.2, 0.25) is 6.10 Å². The molecule has 2 aliphatic heterocycles. The summed E-state index contributed by atoms with van der Waals surface area (Å²) < 4.78 is 13.5. The molecule has 6 rings (SSSR count). The number of carbonyl (C=O) groups is 2. The predicted octanol–water partition coefficient (Wildman–Crippen LogP) is 3.01. The Balaban J connectivity index is 1.17. The number of ether oxygens (including phenoxy) is 2. The normalized spacial score (nSPS) is 19.9. The van der Waals surface area contributed by atoms with Crippen LogP contribution in [0.3, 0.4) is 0 Å². The number of para-hydroxylation sites is 2. The molecule has 1 aromatic carbocycles. The van der Waals surface area contributed by atoms with E-state index in [9.17, 15) is 9.59 Å². The molecule has 0 unspecified atom stereocenters. The number of hydrogen-bond donors (Lipinski definition) is 0. The average molecular weight is 476 g/mol. The minimum atomic E-state index is -0.671. The molecule has 9 nitrogen and oxygen atoms in total. The molecule has 35 heavy (non-hydrogen) atoms. The van der Waals surface area contributed by atoms with E-state index in [4.69, 9.17) is 14.5 Å². The van der Waals surface area contributed by atoms with Gasteiger partial charge in [-0.2, -0.15) is 5.10 Å². The molecule has 2 aromatic heterocycles. The fourth-order valence-electron chi connectivity index (χ4n) is 4.83. The average Bonchev–Trinajstić information content (AvgIpc) is 3.65. The van der Waals surface area contributed by atoms with Crippen LogP contribution in [0.4, 0.5) is 0 Å². The number of fused-ring (bicyclic) bond motifs is 2. The Morgan fingerprint density at radius 2 is 1.74 bits per heavy atom. The van der Waals surface area contributed by atoms with Crippen LogP contribution in [-0.2, 0) is 4.79 Å².